The van der Waals surface area contributed by atoms with Crippen molar-refractivity contribution in [3.05, 3.63) is 35.9 Å². The molecule has 0 aromatic carbocycles. The lowest BCUT2D eigenvalue weighted by atomic mass is 10.1. The van der Waals surface area contributed by atoms with Gasteiger partial charge in [-0.1, -0.05) is 6.08 Å². The van der Waals surface area contributed by atoms with Gasteiger partial charge in [0.25, 0.3) is 0 Å². The standard InChI is InChI=1S/C12H12FN3/c1-3-11(14-4-2)10-7-16-12-9(10)5-8(13)6-15-12/h3-7H,1-2H3,(H,15,16)/b11-3+,14-4?. The number of halogens is 1. The summed E-state index contributed by atoms with van der Waals surface area (Å²) in [4.78, 5) is 11.2. The first-order valence-corrected chi connectivity index (χ1v) is 5.04. The summed E-state index contributed by atoms with van der Waals surface area (Å²) in [6.45, 7) is 3.74. The van der Waals surface area contributed by atoms with E-state index in [0.717, 1.165) is 16.6 Å². The Morgan fingerprint density at radius 2 is 2.31 bits per heavy atom. The average Bonchev–Trinajstić information content (AvgIpc) is 2.69. The summed E-state index contributed by atoms with van der Waals surface area (Å²) < 4.78 is 13.1. The lowest BCUT2D eigenvalue weighted by molar-refractivity contribution is 0.624. The van der Waals surface area contributed by atoms with Crippen LogP contribution in [0.2, 0.25) is 0 Å². The second kappa shape index (κ2) is 4.26. The van der Waals surface area contributed by atoms with Crippen molar-refractivity contribution in [2.75, 3.05) is 0 Å². The van der Waals surface area contributed by atoms with E-state index in [-0.39, 0.29) is 5.82 Å². The van der Waals surface area contributed by atoms with Gasteiger partial charge < -0.3 is 4.98 Å². The Balaban J connectivity index is 2.65. The normalized spacial score (nSPS) is 12.8. The molecule has 0 aliphatic heterocycles. The van der Waals surface area contributed by atoms with Gasteiger partial charge in [0.05, 0.1) is 11.9 Å². The van der Waals surface area contributed by atoms with Crippen molar-refractivity contribution >= 4 is 22.9 Å². The highest BCUT2D eigenvalue weighted by atomic mass is 19.1. The molecule has 82 valence electrons. The second-order valence-electron chi connectivity index (χ2n) is 3.31. The highest BCUT2D eigenvalue weighted by Gasteiger charge is 2.08. The molecule has 0 aliphatic rings. The van der Waals surface area contributed by atoms with Crippen LogP contribution < -0.4 is 0 Å². The molecule has 0 aliphatic carbocycles. The number of aromatic nitrogens is 2. The van der Waals surface area contributed by atoms with Crippen LogP contribution in [0.3, 0.4) is 0 Å². The number of aliphatic imine (C=N–C) groups is 1. The Bertz CT molecular complexity index is 567. The number of nitrogens with one attached hydrogen (secondary N) is 1. The fourth-order valence-electron chi connectivity index (χ4n) is 1.63. The molecule has 0 spiro atoms. The predicted molar refractivity (Wildman–Crippen MR) is 63.9 cm³/mol. The van der Waals surface area contributed by atoms with Gasteiger partial charge in [-0.3, -0.25) is 4.99 Å². The summed E-state index contributed by atoms with van der Waals surface area (Å²) in [5, 5.41) is 0.749. The zero-order valence-corrected chi connectivity index (χ0v) is 9.16. The van der Waals surface area contributed by atoms with Crippen molar-refractivity contribution in [3.63, 3.8) is 0 Å². The molecule has 0 saturated heterocycles. The fourth-order valence-corrected chi connectivity index (χ4v) is 1.63. The number of aromatic amines is 1. The molecule has 0 radical (unpaired) electrons. The molecule has 0 amide bonds. The van der Waals surface area contributed by atoms with E-state index >= 15 is 0 Å². The van der Waals surface area contributed by atoms with Gasteiger partial charge in [0.1, 0.15) is 11.5 Å². The van der Waals surface area contributed by atoms with Crippen molar-refractivity contribution in [1.29, 1.82) is 0 Å². The van der Waals surface area contributed by atoms with Crippen LogP contribution in [0.5, 0.6) is 0 Å². The van der Waals surface area contributed by atoms with Crippen molar-refractivity contribution in [2.45, 2.75) is 13.8 Å². The van der Waals surface area contributed by atoms with E-state index in [0.29, 0.717) is 5.65 Å². The Morgan fingerprint density at radius 1 is 1.50 bits per heavy atom. The number of H-pyrrole nitrogens is 1. The summed E-state index contributed by atoms with van der Waals surface area (Å²) in [5.74, 6) is -0.343. The molecule has 2 heterocycles. The van der Waals surface area contributed by atoms with Gasteiger partial charge in [-0.05, 0) is 19.9 Å². The summed E-state index contributed by atoms with van der Waals surface area (Å²) >= 11 is 0. The number of nitrogens with zero attached hydrogens (tertiary/aromatic N) is 2. The van der Waals surface area contributed by atoms with Gasteiger partial charge >= 0.3 is 0 Å². The largest absolute Gasteiger partial charge is 0.345 e. The number of fused-ring (bicyclic) bond motifs is 1. The number of rotatable bonds is 2. The van der Waals surface area contributed by atoms with E-state index in [1.807, 2.05) is 19.9 Å². The van der Waals surface area contributed by atoms with Gasteiger partial charge in [-0.25, -0.2) is 9.37 Å². The SMILES string of the molecule is CC=N/C(=C/C)c1c[nH]c2ncc(F)cc12. The lowest BCUT2D eigenvalue weighted by Crippen LogP contribution is -1.82. The van der Waals surface area contributed by atoms with Crippen molar-refractivity contribution in [2.24, 2.45) is 4.99 Å². The number of hydrogen-bond acceptors (Lipinski definition) is 2. The van der Waals surface area contributed by atoms with Gasteiger partial charge in [0.15, 0.2) is 0 Å². The highest BCUT2D eigenvalue weighted by molar-refractivity contribution is 5.91. The maximum Gasteiger partial charge on any atom is 0.142 e. The topological polar surface area (TPSA) is 41.0 Å². The van der Waals surface area contributed by atoms with Crippen LogP contribution in [0.1, 0.15) is 19.4 Å². The van der Waals surface area contributed by atoms with Crippen molar-refractivity contribution in [1.82, 2.24) is 9.97 Å². The van der Waals surface area contributed by atoms with Gasteiger partial charge in [0.2, 0.25) is 0 Å². The molecule has 2 aromatic heterocycles. The Labute approximate surface area is 92.7 Å². The lowest BCUT2D eigenvalue weighted by Gasteiger charge is -1.98. The van der Waals surface area contributed by atoms with E-state index in [2.05, 4.69) is 15.0 Å². The van der Waals surface area contributed by atoms with Crippen LogP contribution in [-0.4, -0.2) is 16.2 Å². The van der Waals surface area contributed by atoms with E-state index in [1.54, 1.807) is 12.4 Å². The summed E-state index contributed by atoms with van der Waals surface area (Å²) in [6, 6.07) is 1.46. The zero-order chi connectivity index (χ0) is 11.5. The van der Waals surface area contributed by atoms with E-state index < -0.39 is 0 Å². The van der Waals surface area contributed by atoms with Crippen LogP contribution in [0, 0.1) is 5.82 Å². The minimum Gasteiger partial charge on any atom is -0.345 e. The molecule has 2 aromatic rings. The van der Waals surface area contributed by atoms with Crippen LogP contribution >= 0.6 is 0 Å². The molecule has 0 unspecified atom stereocenters. The van der Waals surface area contributed by atoms with Gasteiger partial charge in [0, 0.05) is 23.4 Å². The molecule has 0 saturated carbocycles. The Hall–Kier alpha value is -1.97. The summed E-state index contributed by atoms with van der Waals surface area (Å²) in [7, 11) is 0. The Kier molecular flexibility index (Phi) is 2.81. The number of hydrogen-bond donors (Lipinski definition) is 1. The third kappa shape index (κ3) is 1.74. The van der Waals surface area contributed by atoms with E-state index in [9.17, 15) is 4.39 Å². The van der Waals surface area contributed by atoms with Gasteiger partial charge in [-0.2, -0.15) is 0 Å². The van der Waals surface area contributed by atoms with Crippen molar-refractivity contribution in [3.8, 4) is 0 Å². The van der Waals surface area contributed by atoms with Crippen LogP contribution in [0.25, 0.3) is 16.7 Å². The van der Waals surface area contributed by atoms with E-state index in [1.165, 1.54) is 12.3 Å². The maximum atomic E-state index is 13.1. The number of pyridine rings is 1. The van der Waals surface area contributed by atoms with Crippen LogP contribution in [-0.2, 0) is 0 Å². The summed E-state index contributed by atoms with van der Waals surface area (Å²) in [6.07, 6.45) is 6.58. The minimum absolute atomic E-state index is 0.343. The highest BCUT2D eigenvalue weighted by Crippen LogP contribution is 2.24. The minimum atomic E-state index is -0.343. The van der Waals surface area contributed by atoms with Crippen molar-refractivity contribution < 1.29 is 4.39 Å². The first kappa shape index (κ1) is 10.5. The first-order chi connectivity index (χ1) is 7.76. The maximum absolute atomic E-state index is 13.1. The van der Waals surface area contributed by atoms with Gasteiger partial charge in [-0.15, -0.1) is 0 Å². The average molecular weight is 217 g/mol. The predicted octanol–water partition coefficient (Wildman–Crippen LogP) is 3.15. The van der Waals surface area contributed by atoms with E-state index in [4.69, 9.17) is 0 Å². The third-order valence-corrected chi connectivity index (χ3v) is 2.32. The monoisotopic (exact) mass is 217 g/mol. The van der Waals surface area contributed by atoms with Crippen LogP contribution in [0.4, 0.5) is 4.39 Å². The fraction of sp³-hybridized carbons (Fsp3) is 0.167. The zero-order valence-electron chi connectivity index (χ0n) is 9.16. The molecular weight excluding hydrogens is 205 g/mol. The van der Waals surface area contributed by atoms with Crippen LogP contribution in [0.15, 0.2) is 29.5 Å². The second-order valence-corrected chi connectivity index (χ2v) is 3.31. The molecule has 0 bridgehead atoms. The Morgan fingerprint density at radius 3 is 3.00 bits per heavy atom. The molecule has 0 atom stereocenters. The molecule has 2 rings (SSSR count). The third-order valence-electron chi connectivity index (χ3n) is 2.32. The molecule has 0 fully saturated rings. The molecular formula is C12H12FN3. The molecule has 3 nitrogen and oxygen atoms in total. The quantitative estimate of drug-likeness (QED) is 0.771. The molecule has 4 heteroatoms. The molecule has 1 N–H and O–H groups in total. The first-order valence-electron chi connectivity index (χ1n) is 5.04. The number of allylic oxidation sites excluding steroid dienone is 1. The molecule has 16 heavy (non-hydrogen) atoms. The smallest absolute Gasteiger partial charge is 0.142 e. The summed E-state index contributed by atoms with van der Waals surface area (Å²) in [5.41, 5.74) is 2.34.